The highest BCUT2D eigenvalue weighted by atomic mass is 32.2. The highest BCUT2D eigenvalue weighted by Crippen LogP contribution is 2.22. The molecule has 1 aromatic carbocycles. The first-order chi connectivity index (χ1) is 12.6. The summed E-state index contributed by atoms with van der Waals surface area (Å²) in [6, 6.07) is 5.94. The monoisotopic (exact) mass is 374 g/mol. The normalized spacial score (nSPS) is 16.8. The van der Waals surface area contributed by atoms with E-state index in [1.807, 2.05) is 25.1 Å². The van der Waals surface area contributed by atoms with E-state index in [0.717, 1.165) is 49.1 Å². The van der Waals surface area contributed by atoms with Gasteiger partial charge in [-0.25, -0.2) is 0 Å². The van der Waals surface area contributed by atoms with Crippen LogP contribution in [0.2, 0.25) is 0 Å². The molecular weight excluding hydrogens is 348 g/mol. The second-order valence-electron chi connectivity index (χ2n) is 6.63. The fourth-order valence-electron chi connectivity index (χ4n) is 3.01. The van der Waals surface area contributed by atoms with Crippen LogP contribution >= 0.6 is 11.8 Å². The lowest BCUT2D eigenvalue weighted by Crippen LogP contribution is -2.19. The standard InChI is InChI=1S/C19H26N4O2S/c1-4-17-21-22-19(23(17)11-16-6-5-9-25-16)26-12-18(24)20-15-8-7-13(2)14(3)10-15/h7-8,10,16H,4-6,9,11-12H2,1-3H3,(H,20,24). The van der Waals surface area contributed by atoms with Gasteiger partial charge >= 0.3 is 0 Å². The highest BCUT2D eigenvalue weighted by Gasteiger charge is 2.21. The van der Waals surface area contributed by atoms with Crippen LogP contribution in [-0.4, -0.2) is 39.1 Å². The van der Waals surface area contributed by atoms with E-state index in [4.69, 9.17) is 4.74 Å². The zero-order valence-electron chi connectivity index (χ0n) is 15.6. The van der Waals surface area contributed by atoms with E-state index < -0.39 is 0 Å². The summed E-state index contributed by atoms with van der Waals surface area (Å²) in [5.74, 6) is 1.21. The number of ether oxygens (including phenoxy) is 1. The van der Waals surface area contributed by atoms with Crippen molar-refractivity contribution < 1.29 is 9.53 Å². The predicted molar refractivity (Wildman–Crippen MR) is 104 cm³/mol. The van der Waals surface area contributed by atoms with Gasteiger partial charge in [0.05, 0.1) is 18.4 Å². The number of aromatic nitrogens is 3. The lowest BCUT2D eigenvalue weighted by Gasteiger charge is -2.14. The molecule has 0 saturated carbocycles. The van der Waals surface area contributed by atoms with Crippen molar-refractivity contribution in [2.24, 2.45) is 0 Å². The molecule has 2 aromatic rings. The number of anilines is 1. The molecular formula is C19H26N4O2S. The number of carbonyl (C=O) groups is 1. The van der Waals surface area contributed by atoms with Crippen LogP contribution in [0, 0.1) is 13.8 Å². The molecule has 3 rings (SSSR count). The number of carbonyl (C=O) groups excluding carboxylic acids is 1. The molecule has 6 nitrogen and oxygen atoms in total. The fraction of sp³-hybridized carbons (Fsp3) is 0.526. The minimum absolute atomic E-state index is 0.0389. The van der Waals surface area contributed by atoms with Gasteiger partial charge in [0.1, 0.15) is 5.82 Å². The summed E-state index contributed by atoms with van der Waals surface area (Å²) in [7, 11) is 0. The number of hydrogen-bond donors (Lipinski definition) is 1. The Balaban J connectivity index is 1.60. The summed E-state index contributed by atoms with van der Waals surface area (Å²) < 4.78 is 7.84. The lowest BCUT2D eigenvalue weighted by atomic mass is 10.1. The van der Waals surface area contributed by atoms with Crippen LogP contribution in [0.4, 0.5) is 5.69 Å². The number of rotatable bonds is 7. The minimum atomic E-state index is -0.0389. The van der Waals surface area contributed by atoms with E-state index in [2.05, 4.69) is 33.9 Å². The van der Waals surface area contributed by atoms with Crippen molar-refractivity contribution in [3.63, 3.8) is 0 Å². The number of hydrogen-bond acceptors (Lipinski definition) is 5. The average Bonchev–Trinajstić information content (AvgIpc) is 3.26. The van der Waals surface area contributed by atoms with Crippen molar-refractivity contribution in [1.82, 2.24) is 14.8 Å². The quantitative estimate of drug-likeness (QED) is 0.753. The van der Waals surface area contributed by atoms with Crippen molar-refractivity contribution in [3.05, 3.63) is 35.2 Å². The summed E-state index contributed by atoms with van der Waals surface area (Å²) in [5.41, 5.74) is 3.21. The Kier molecular flexibility index (Phi) is 6.32. The molecule has 1 N–H and O–H groups in total. The number of thioether (sulfide) groups is 1. The SMILES string of the molecule is CCc1nnc(SCC(=O)Nc2ccc(C)c(C)c2)n1CC1CCCO1. The lowest BCUT2D eigenvalue weighted by molar-refractivity contribution is -0.113. The van der Waals surface area contributed by atoms with Gasteiger partial charge in [0.2, 0.25) is 5.91 Å². The largest absolute Gasteiger partial charge is 0.376 e. The molecule has 2 heterocycles. The fourth-order valence-corrected chi connectivity index (χ4v) is 3.78. The number of benzene rings is 1. The highest BCUT2D eigenvalue weighted by molar-refractivity contribution is 7.99. The molecule has 1 aliphatic heterocycles. The first-order valence-electron chi connectivity index (χ1n) is 9.10. The number of amides is 1. The van der Waals surface area contributed by atoms with Crippen molar-refractivity contribution in [1.29, 1.82) is 0 Å². The Morgan fingerprint density at radius 3 is 2.88 bits per heavy atom. The maximum absolute atomic E-state index is 12.3. The smallest absolute Gasteiger partial charge is 0.234 e. The summed E-state index contributed by atoms with van der Waals surface area (Å²) in [4.78, 5) is 12.3. The van der Waals surface area contributed by atoms with Gasteiger partial charge in [-0.2, -0.15) is 0 Å². The van der Waals surface area contributed by atoms with Crippen molar-refractivity contribution >= 4 is 23.4 Å². The minimum Gasteiger partial charge on any atom is -0.376 e. The molecule has 0 bridgehead atoms. The van der Waals surface area contributed by atoms with Gasteiger partial charge in [-0.1, -0.05) is 24.8 Å². The van der Waals surface area contributed by atoms with Crippen LogP contribution in [0.1, 0.15) is 36.7 Å². The number of nitrogens with zero attached hydrogens (tertiary/aromatic N) is 3. The van der Waals surface area contributed by atoms with E-state index in [0.29, 0.717) is 5.75 Å². The van der Waals surface area contributed by atoms with Crippen molar-refractivity contribution in [2.75, 3.05) is 17.7 Å². The zero-order chi connectivity index (χ0) is 18.5. The molecule has 1 aliphatic rings. The Morgan fingerprint density at radius 2 is 2.19 bits per heavy atom. The Hall–Kier alpha value is -1.86. The molecule has 0 radical (unpaired) electrons. The maximum Gasteiger partial charge on any atom is 0.234 e. The number of nitrogens with one attached hydrogen (secondary N) is 1. The predicted octanol–water partition coefficient (Wildman–Crippen LogP) is 3.37. The molecule has 140 valence electrons. The second kappa shape index (κ2) is 8.68. The molecule has 1 amide bonds. The molecule has 0 aliphatic carbocycles. The van der Waals surface area contributed by atoms with E-state index >= 15 is 0 Å². The van der Waals surface area contributed by atoms with Crippen molar-refractivity contribution in [2.45, 2.75) is 57.8 Å². The Bertz CT molecular complexity index is 769. The molecule has 1 saturated heterocycles. The first-order valence-corrected chi connectivity index (χ1v) is 10.1. The first kappa shape index (κ1) is 18.9. The summed E-state index contributed by atoms with van der Waals surface area (Å²) in [6.45, 7) is 7.76. The third-order valence-corrected chi connectivity index (χ3v) is 5.61. The third kappa shape index (κ3) is 4.65. The number of aryl methyl sites for hydroxylation is 3. The molecule has 26 heavy (non-hydrogen) atoms. The zero-order valence-corrected chi connectivity index (χ0v) is 16.4. The van der Waals surface area contributed by atoms with Crippen LogP contribution < -0.4 is 5.32 Å². The van der Waals surface area contributed by atoms with Gasteiger partial charge in [0, 0.05) is 18.7 Å². The van der Waals surface area contributed by atoms with Gasteiger partial charge in [0.25, 0.3) is 0 Å². The Morgan fingerprint density at radius 1 is 1.35 bits per heavy atom. The average molecular weight is 375 g/mol. The van der Waals surface area contributed by atoms with Gasteiger partial charge in [0.15, 0.2) is 5.16 Å². The van der Waals surface area contributed by atoms with E-state index in [-0.39, 0.29) is 12.0 Å². The van der Waals surface area contributed by atoms with Gasteiger partial charge in [-0.05, 0) is 49.9 Å². The summed E-state index contributed by atoms with van der Waals surface area (Å²) >= 11 is 1.42. The van der Waals surface area contributed by atoms with Gasteiger partial charge < -0.3 is 14.6 Å². The topological polar surface area (TPSA) is 69.0 Å². The molecule has 1 aromatic heterocycles. The second-order valence-corrected chi connectivity index (χ2v) is 7.58. The van der Waals surface area contributed by atoms with Crippen LogP contribution in [0.25, 0.3) is 0 Å². The van der Waals surface area contributed by atoms with E-state index in [1.54, 1.807) is 0 Å². The summed E-state index contributed by atoms with van der Waals surface area (Å²) in [5, 5.41) is 12.3. The molecule has 1 atom stereocenters. The molecule has 1 fully saturated rings. The van der Waals surface area contributed by atoms with Crippen LogP contribution in [-0.2, 0) is 22.5 Å². The maximum atomic E-state index is 12.3. The molecule has 1 unspecified atom stereocenters. The van der Waals surface area contributed by atoms with Crippen LogP contribution in [0.5, 0.6) is 0 Å². The third-order valence-electron chi connectivity index (χ3n) is 4.64. The Labute approximate surface area is 158 Å². The van der Waals surface area contributed by atoms with Crippen LogP contribution in [0.15, 0.2) is 23.4 Å². The van der Waals surface area contributed by atoms with E-state index in [9.17, 15) is 4.79 Å². The van der Waals surface area contributed by atoms with E-state index in [1.165, 1.54) is 22.9 Å². The van der Waals surface area contributed by atoms with Crippen LogP contribution in [0.3, 0.4) is 0 Å². The van der Waals surface area contributed by atoms with Gasteiger partial charge in [-0.15, -0.1) is 10.2 Å². The van der Waals surface area contributed by atoms with Crippen molar-refractivity contribution in [3.8, 4) is 0 Å². The molecule has 7 heteroatoms. The van der Waals surface area contributed by atoms with Gasteiger partial charge in [-0.3, -0.25) is 4.79 Å². The molecule has 0 spiro atoms. The summed E-state index contributed by atoms with van der Waals surface area (Å²) in [6.07, 6.45) is 3.21.